The summed E-state index contributed by atoms with van der Waals surface area (Å²) in [5, 5.41) is 7.96. The second-order valence-electron chi connectivity index (χ2n) is 7.68. The van der Waals surface area contributed by atoms with Crippen LogP contribution < -0.4 is 4.72 Å². The maximum atomic E-state index is 13.0. The summed E-state index contributed by atoms with van der Waals surface area (Å²) in [6, 6.07) is 1.11. The fraction of sp³-hybridized carbons (Fsp3) is 0.667. The van der Waals surface area contributed by atoms with E-state index in [0.29, 0.717) is 23.6 Å². The summed E-state index contributed by atoms with van der Waals surface area (Å²) in [5.41, 5.74) is 0.652. The van der Waals surface area contributed by atoms with E-state index < -0.39 is 21.9 Å². The molecule has 1 saturated carbocycles. The molecule has 1 aliphatic carbocycles. The van der Waals surface area contributed by atoms with Gasteiger partial charge in [-0.3, -0.25) is 9.36 Å². The van der Waals surface area contributed by atoms with Gasteiger partial charge in [-0.1, -0.05) is 6.92 Å². The molecule has 11 heteroatoms. The molecule has 0 saturated heterocycles. The molecule has 0 amide bonds. The van der Waals surface area contributed by atoms with Crippen LogP contribution in [0.2, 0.25) is 0 Å². The van der Waals surface area contributed by atoms with Gasteiger partial charge in [0.25, 0.3) is 0 Å². The molecule has 7 nitrogen and oxygen atoms in total. The number of sulfonamides is 1. The van der Waals surface area contributed by atoms with Crippen molar-refractivity contribution in [3.05, 3.63) is 28.8 Å². The number of hydrogen-bond acceptors (Lipinski definition) is 4. The molecule has 1 aliphatic rings. The van der Waals surface area contributed by atoms with Gasteiger partial charge < -0.3 is 0 Å². The molecule has 2 aromatic heterocycles. The number of aromatic nitrogens is 4. The van der Waals surface area contributed by atoms with Crippen molar-refractivity contribution in [2.24, 2.45) is 5.92 Å². The van der Waals surface area contributed by atoms with Gasteiger partial charge in [0, 0.05) is 31.2 Å². The average Bonchev–Trinajstić information content (AvgIpc) is 3.29. The highest BCUT2D eigenvalue weighted by molar-refractivity contribution is 7.89. The highest BCUT2D eigenvalue weighted by Crippen LogP contribution is 2.42. The van der Waals surface area contributed by atoms with E-state index in [9.17, 15) is 21.6 Å². The molecule has 2 heterocycles. The van der Waals surface area contributed by atoms with Gasteiger partial charge in [0.05, 0.1) is 11.4 Å². The van der Waals surface area contributed by atoms with Crippen molar-refractivity contribution >= 4 is 10.0 Å². The lowest BCUT2D eigenvalue weighted by Gasteiger charge is -2.15. The van der Waals surface area contributed by atoms with Crippen molar-refractivity contribution in [3.63, 3.8) is 0 Å². The van der Waals surface area contributed by atoms with Gasteiger partial charge in [-0.15, -0.1) is 0 Å². The zero-order valence-electron chi connectivity index (χ0n) is 16.9. The number of hydrogen-bond donors (Lipinski definition) is 1. The summed E-state index contributed by atoms with van der Waals surface area (Å²) in [5.74, 6) is -0.141. The minimum Gasteiger partial charge on any atom is -0.268 e. The average molecular weight is 434 g/mol. The molecule has 1 N–H and O–H groups in total. The largest absolute Gasteiger partial charge is 0.435 e. The van der Waals surface area contributed by atoms with E-state index in [4.69, 9.17) is 0 Å². The van der Waals surface area contributed by atoms with E-state index >= 15 is 0 Å². The van der Waals surface area contributed by atoms with Crippen LogP contribution in [-0.2, 0) is 29.3 Å². The Morgan fingerprint density at radius 2 is 1.90 bits per heavy atom. The van der Waals surface area contributed by atoms with Crippen molar-refractivity contribution in [2.45, 2.75) is 70.6 Å². The van der Waals surface area contributed by atoms with Crippen LogP contribution in [-0.4, -0.2) is 34.5 Å². The molecular weight excluding hydrogens is 407 g/mol. The second-order valence-corrected chi connectivity index (χ2v) is 9.39. The number of nitrogens with one attached hydrogen (secondary N) is 1. The SMILES string of the molecule is CCn1nc(C)c(S(=O)(=O)NC[C@H](C)Cn2nc(C(F)(F)F)cc2C2CC2)c1C. The monoisotopic (exact) mass is 433 g/mol. The van der Waals surface area contributed by atoms with Crippen molar-refractivity contribution in [1.82, 2.24) is 24.3 Å². The van der Waals surface area contributed by atoms with Gasteiger partial charge in [-0.2, -0.15) is 23.4 Å². The Hall–Kier alpha value is -1.88. The maximum Gasteiger partial charge on any atom is 0.435 e. The number of halogens is 3. The van der Waals surface area contributed by atoms with E-state index in [1.165, 1.54) is 4.68 Å². The van der Waals surface area contributed by atoms with E-state index in [1.807, 2.05) is 6.92 Å². The van der Waals surface area contributed by atoms with Crippen LogP contribution in [0.15, 0.2) is 11.0 Å². The topological polar surface area (TPSA) is 81.8 Å². The lowest BCUT2D eigenvalue weighted by molar-refractivity contribution is -0.141. The minimum atomic E-state index is -4.49. The molecule has 0 bridgehead atoms. The molecule has 0 unspecified atom stereocenters. The van der Waals surface area contributed by atoms with E-state index in [2.05, 4.69) is 14.9 Å². The summed E-state index contributed by atoms with van der Waals surface area (Å²) in [6.45, 7) is 7.85. The molecule has 0 aromatic carbocycles. The Labute approximate surface area is 168 Å². The first-order valence-electron chi connectivity index (χ1n) is 9.62. The molecule has 1 fully saturated rings. The Morgan fingerprint density at radius 1 is 1.24 bits per heavy atom. The molecule has 1 atom stereocenters. The van der Waals surface area contributed by atoms with Gasteiger partial charge in [0.1, 0.15) is 4.90 Å². The Morgan fingerprint density at radius 3 is 2.41 bits per heavy atom. The van der Waals surface area contributed by atoms with E-state index in [1.54, 1.807) is 25.5 Å². The van der Waals surface area contributed by atoms with Crippen LogP contribution in [0.25, 0.3) is 0 Å². The van der Waals surface area contributed by atoms with Gasteiger partial charge in [0.15, 0.2) is 5.69 Å². The second kappa shape index (κ2) is 7.75. The zero-order valence-corrected chi connectivity index (χ0v) is 17.7. The lowest BCUT2D eigenvalue weighted by Crippen LogP contribution is -2.31. The third-order valence-electron chi connectivity index (χ3n) is 5.09. The molecular formula is C18H26F3N5O2S. The molecule has 0 spiro atoms. The lowest BCUT2D eigenvalue weighted by atomic mass is 10.2. The quantitative estimate of drug-likeness (QED) is 0.693. The van der Waals surface area contributed by atoms with E-state index in [0.717, 1.165) is 18.9 Å². The summed E-state index contributed by atoms with van der Waals surface area (Å²) in [4.78, 5) is 0.156. The highest BCUT2D eigenvalue weighted by Gasteiger charge is 2.38. The Kier molecular flexibility index (Phi) is 5.83. The van der Waals surface area contributed by atoms with Crippen LogP contribution in [0.1, 0.15) is 55.4 Å². The van der Waals surface area contributed by atoms with Gasteiger partial charge in [-0.25, -0.2) is 13.1 Å². The van der Waals surface area contributed by atoms with Crippen molar-refractivity contribution in [2.75, 3.05) is 6.54 Å². The highest BCUT2D eigenvalue weighted by atomic mass is 32.2. The zero-order chi connectivity index (χ0) is 21.6. The fourth-order valence-corrected chi connectivity index (χ4v) is 5.06. The normalized spacial score (nSPS) is 16.4. The third kappa shape index (κ3) is 4.66. The first kappa shape index (κ1) is 21.8. The van der Waals surface area contributed by atoms with Crippen LogP contribution in [0.5, 0.6) is 0 Å². The van der Waals surface area contributed by atoms with Crippen LogP contribution in [0, 0.1) is 19.8 Å². The molecule has 0 radical (unpaired) electrons. The first-order valence-corrected chi connectivity index (χ1v) is 11.1. The summed E-state index contributed by atoms with van der Waals surface area (Å²) < 4.78 is 70.1. The van der Waals surface area contributed by atoms with Crippen LogP contribution >= 0.6 is 0 Å². The number of nitrogens with zero attached hydrogens (tertiary/aromatic N) is 4. The first-order chi connectivity index (χ1) is 13.4. The third-order valence-corrected chi connectivity index (χ3v) is 6.76. The number of aryl methyl sites for hydroxylation is 2. The van der Waals surface area contributed by atoms with Crippen molar-refractivity contribution < 1.29 is 21.6 Å². The molecule has 0 aliphatic heterocycles. The predicted molar refractivity (Wildman–Crippen MR) is 101 cm³/mol. The minimum absolute atomic E-state index is 0.0871. The summed E-state index contributed by atoms with van der Waals surface area (Å²) in [6.07, 6.45) is -2.79. The predicted octanol–water partition coefficient (Wildman–Crippen LogP) is 3.23. The molecule has 29 heavy (non-hydrogen) atoms. The Bertz CT molecular complexity index is 990. The smallest absolute Gasteiger partial charge is 0.268 e. The van der Waals surface area contributed by atoms with Crippen LogP contribution in [0.3, 0.4) is 0 Å². The number of rotatable bonds is 8. The number of alkyl halides is 3. The van der Waals surface area contributed by atoms with E-state index in [-0.39, 0.29) is 29.8 Å². The van der Waals surface area contributed by atoms with Gasteiger partial charge in [-0.05, 0) is 45.6 Å². The molecule has 3 rings (SSSR count). The van der Waals surface area contributed by atoms with Gasteiger partial charge in [0.2, 0.25) is 10.0 Å². The van der Waals surface area contributed by atoms with Crippen molar-refractivity contribution in [3.8, 4) is 0 Å². The van der Waals surface area contributed by atoms with Crippen LogP contribution in [0.4, 0.5) is 13.2 Å². The fourth-order valence-electron chi connectivity index (χ4n) is 3.48. The molecule has 162 valence electrons. The molecule has 2 aromatic rings. The van der Waals surface area contributed by atoms with Gasteiger partial charge >= 0.3 is 6.18 Å². The Balaban J connectivity index is 1.71. The van der Waals surface area contributed by atoms with Crippen molar-refractivity contribution in [1.29, 1.82) is 0 Å². The summed E-state index contributed by atoms with van der Waals surface area (Å²) in [7, 11) is -3.77. The maximum absolute atomic E-state index is 13.0. The standard InChI is InChI=1S/C18H26F3N5O2S/c1-5-25-13(4)17(12(3)23-25)29(27,28)22-9-11(2)10-26-15(14-6-7-14)8-16(24-26)18(19,20)21/h8,11,14,22H,5-7,9-10H2,1-4H3/t11-/m0/s1. The summed E-state index contributed by atoms with van der Waals surface area (Å²) >= 11 is 0.